The van der Waals surface area contributed by atoms with Crippen LogP contribution in [-0.4, -0.2) is 56.4 Å². The first-order valence-corrected chi connectivity index (χ1v) is 9.10. The number of carboxylic acid groups (broad SMARTS) is 2. The van der Waals surface area contributed by atoms with Gasteiger partial charge in [-0.2, -0.15) is 0 Å². The number of carbonyl (C=O) groups is 3. The van der Waals surface area contributed by atoms with Crippen LogP contribution in [0.15, 0.2) is 29.2 Å². The fourth-order valence-electron chi connectivity index (χ4n) is 2.36. The van der Waals surface area contributed by atoms with E-state index in [2.05, 4.69) is 0 Å². The molecule has 23 heavy (non-hydrogen) atoms. The van der Waals surface area contributed by atoms with Crippen molar-refractivity contribution in [3.63, 3.8) is 0 Å². The lowest BCUT2D eigenvalue weighted by atomic mass is 9.99. The Morgan fingerprint density at radius 1 is 1.35 bits per heavy atom. The summed E-state index contributed by atoms with van der Waals surface area (Å²) in [4.78, 5) is 36.8. The van der Waals surface area contributed by atoms with Crippen LogP contribution in [0.3, 0.4) is 0 Å². The highest BCUT2D eigenvalue weighted by atomic mass is 32.2. The van der Waals surface area contributed by atoms with Crippen LogP contribution in [0.25, 0.3) is 0 Å². The van der Waals surface area contributed by atoms with E-state index < -0.39 is 23.9 Å². The number of carboxylic acids is 2. The van der Waals surface area contributed by atoms with E-state index in [1.54, 1.807) is 31.2 Å². The Hall–Kier alpha value is -1.67. The van der Waals surface area contributed by atoms with Gasteiger partial charge in [-0.15, -0.1) is 23.5 Å². The van der Waals surface area contributed by atoms with Crippen molar-refractivity contribution in [3.8, 4) is 0 Å². The Labute approximate surface area is 142 Å². The molecule has 0 bridgehead atoms. The van der Waals surface area contributed by atoms with Crippen LogP contribution in [0.1, 0.15) is 18.4 Å². The van der Waals surface area contributed by atoms with Crippen molar-refractivity contribution in [1.82, 2.24) is 4.90 Å². The van der Waals surface area contributed by atoms with Crippen LogP contribution in [-0.2, 0) is 14.4 Å². The Morgan fingerprint density at radius 3 is 2.70 bits per heavy atom. The second-order valence-electron chi connectivity index (χ2n) is 5.10. The van der Waals surface area contributed by atoms with Crippen LogP contribution < -0.4 is 0 Å². The van der Waals surface area contributed by atoms with Gasteiger partial charge in [-0.25, -0.2) is 4.79 Å². The molecule has 2 unspecified atom stereocenters. The Morgan fingerprint density at radius 2 is 2.04 bits per heavy atom. The largest absolute Gasteiger partial charge is 0.481 e. The number of benzene rings is 1. The van der Waals surface area contributed by atoms with Gasteiger partial charge >= 0.3 is 11.9 Å². The molecule has 0 saturated carbocycles. The van der Waals surface area contributed by atoms with Crippen molar-refractivity contribution in [3.05, 3.63) is 29.8 Å². The fourth-order valence-corrected chi connectivity index (χ4v) is 4.38. The van der Waals surface area contributed by atoms with Gasteiger partial charge in [0.1, 0.15) is 6.04 Å². The third-order valence-electron chi connectivity index (χ3n) is 3.56. The lowest BCUT2D eigenvalue weighted by Gasteiger charge is -2.25. The van der Waals surface area contributed by atoms with E-state index in [4.69, 9.17) is 5.11 Å². The summed E-state index contributed by atoms with van der Waals surface area (Å²) >= 11 is 2.58. The number of aliphatic carboxylic acids is 2. The predicted molar refractivity (Wildman–Crippen MR) is 88.8 cm³/mol. The third-order valence-corrected chi connectivity index (χ3v) is 5.64. The summed E-state index contributed by atoms with van der Waals surface area (Å²) in [5, 5.41) is 18.0. The number of rotatable bonds is 6. The van der Waals surface area contributed by atoms with Crippen molar-refractivity contribution in [2.75, 3.05) is 17.4 Å². The molecule has 1 fully saturated rings. The molecule has 1 aromatic carbocycles. The standard InChI is InChI=1S/C15H17NO5S2/c1-9(14(19)16-8-22-6-11(16)15(20)21)10-4-2-3-5-12(10)23-7-13(17)18/h2-5,9,11H,6-8H2,1H3,(H,17,18)(H,20,21). The maximum atomic E-state index is 12.7. The number of thioether (sulfide) groups is 2. The smallest absolute Gasteiger partial charge is 0.327 e. The quantitative estimate of drug-likeness (QED) is 0.753. The number of nitrogens with zero attached hydrogens (tertiary/aromatic N) is 1. The molecule has 0 aromatic heterocycles. The molecule has 0 radical (unpaired) electrons. The van der Waals surface area contributed by atoms with Gasteiger partial charge in [0.2, 0.25) is 5.91 Å². The zero-order valence-electron chi connectivity index (χ0n) is 12.5. The van der Waals surface area contributed by atoms with Gasteiger partial charge in [-0.1, -0.05) is 18.2 Å². The molecule has 1 saturated heterocycles. The highest BCUT2D eigenvalue weighted by molar-refractivity contribution is 8.00. The topological polar surface area (TPSA) is 94.9 Å². The zero-order valence-corrected chi connectivity index (χ0v) is 14.1. The molecule has 2 N–H and O–H groups in total. The molecule has 1 aliphatic rings. The minimum absolute atomic E-state index is 0.0881. The van der Waals surface area contributed by atoms with Gasteiger partial charge in [-0.3, -0.25) is 9.59 Å². The molecular formula is C15H17NO5S2. The van der Waals surface area contributed by atoms with Crippen molar-refractivity contribution >= 4 is 41.4 Å². The van der Waals surface area contributed by atoms with Gasteiger partial charge in [0, 0.05) is 10.6 Å². The molecular weight excluding hydrogens is 338 g/mol. The molecule has 1 aliphatic heterocycles. The van der Waals surface area contributed by atoms with Crippen LogP contribution in [0.2, 0.25) is 0 Å². The average molecular weight is 355 g/mol. The SMILES string of the molecule is CC(C(=O)N1CSCC1C(=O)O)c1ccccc1SCC(=O)O. The summed E-state index contributed by atoms with van der Waals surface area (Å²) in [6.45, 7) is 1.73. The predicted octanol–water partition coefficient (Wildman–Crippen LogP) is 1.95. The van der Waals surface area contributed by atoms with Crippen molar-refractivity contribution in [2.45, 2.75) is 23.8 Å². The normalized spacial score (nSPS) is 18.7. The van der Waals surface area contributed by atoms with E-state index in [1.807, 2.05) is 0 Å². The molecule has 2 atom stereocenters. The van der Waals surface area contributed by atoms with E-state index >= 15 is 0 Å². The summed E-state index contributed by atoms with van der Waals surface area (Å²) < 4.78 is 0. The van der Waals surface area contributed by atoms with Gasteiger partial charge in [0.15, 0.2) is 0 Å². The average Bonchev–Trinajstić information content (AvgIpc) is 3.01. The third kappa shape index (κ3) is 4.20. The first-order valence-electron chi connectivity index (χ1n) is 6.96. The summed E-state index contributed by atoms with van der Waals surface area (Å²) in [6.07, 6.45) is 0. The molecule has 8 heteroatoms. The van der Waals surface area contributed by atoms with Crippen molar-refractivity contribution in [2.24, 2.45) is 0 Å². The fraction of sp³-hybridized carbons (Fsp3) is 0.400. The van der Waals surface area contributed by atoms with E-state index in [1.165, 1.54) is 16.7 Å². The van der Waals surface area contributed by atoms with E-state index in [0.717, 1.165) is 22.2 Å². The highest BCUT2D eigenvalue weighted by Crippen LogP contribution is 2.32. The number of carbonyl (C=O) groups excluding carboxylic acids is 1. The number of hydrogen-bond donors (Lipinski definition) is 2. The van der Waals surface area contributed by atoms with E-state index in [-0.39, 0.29) is 11.7 Å². The van der Waals surface area contributed by atoms with E-state index in [9.17, 15) is 19.5 Å². The molecule has 1 heterocycles. The van der Waals surface area contributed by atoms with E-state index in [0.29, 0.717) is 11.6 Å². The number of amides is 1. The van der Waals surface area contributed by atoms with Crippen LogP contribution in [0, 0.1) is 0 Å². The monoisotopic (exact) mass is 355 g/mol. The molecule has 2 rings (SSSR count). The second kappa shape index (κ2) is 7.74. The lowest BCUT2D eigenvalue weighted by Crippen LogP contribution is -2.43. The maximum Gasteiger partial charge on any atom is 0.327 e. The summed E-state index contributed by atoms with van der Waals surface area (Å²) in [5.41, 5.74) is 0.727. The van der Waals surface area contributed by atoms with Crippen molar-refractivity contribution < 1.29 is 24.6 Å². The van der Waals surface area contributed by atoms with Gasteiger partial charge in [0.05, 0.1) is 17.5 Å². The van der Waals surface area contributed by atoms with Gasteiger partial charge in [-0.05, 0) is 18.6 Å². The molecule has 124 valence electrons. The lowest BCUT2D eigenvalue weighted by molar-refractivity contribution is -0.148. The van der Waals surface area contributed by atoms with Crippen LogP contribution in [0.4, 0.5) is 0 Å². The first-order chi connectivity index (χ1) is 10.9. The Bertz CT molecular complexity index is 622. The molecule has 0 spiro atoms. The maximum absolute atomic E-state index is 12.7. The zero-order chi connectivity index (χ0) is 17.0. The summed E-state index contributed by atoms with van der Waals surface area (Å²) in [5.74, 6) is -2.02. The highest BCUT2D eigenvalue weighted by Gasteiger charge is 2.37. The van der Waals surface area contributed by atoms with Crippen LogP contribution in [0.5, 0.6) is 0 Å². The minimum atomic E-state index is -0.996. The van der Waals surface area contributed by atoms with Crippen LogP contribution >= 0.6 is 23.5 Å². The minimum Gasteiger partial charge on any atom is -0.481 e. The summed E-state index contributed by atoms with van der Waals surface area (Å²) in [6, 6.07) is 6.34. The molecule has 1 aromatic rings. The van der Waals surface area contributed by atoms with Gasteiger partial charge in [0.25, 0.3) is 0 Å². The van der Waals surface area contributed by atoms with Gasteiger partial charge < -0.3 is 15.1 Å². The second-order valence-corrected chi connectivity index (χ2v) is 7.12. The Kier molecular flexibility index (Phi) is 5.95. The first kappa shape index (κ1) is 17.7. The summed E-state index contributed by atoms with van der Waals surface area (Å²) in [7, 11) is 0. The number of hydrogen-bond acceptors (Lipinski definition) is 5. The molecule has 0 aliphatic carbocycles. The molecule has 1 amide bonds. The molecule has 6 nitrogen and oxygen atoms in total. The Balaban J connectivity index is 2.19. The van der Waals surface area contributed by atoms with Crippen molar-refractivity contribution in [1.29, 1.82) is 0 Å².